The maximum Gasteiger partial charge on any atom is 0.234 e. The van der Waals surface area contributed by atoms with Gasteiger partial charge in [-0.05, 0) is 60.6 Å². The van der Waals surface area contributed by atoms with Gasteiger partial charge in [0.25, 0.3) is 0 Å². The second-order valence-corrected chi connectivity index (χ2v) is 7.39. The highest BCUT2D eigenvalue weighted by Crippen LogP contribution is 2.40. The lowest BCUT2D eigenvalue weighted by molar-refractivity contribution is 0.599. The fourth-order valence-corrected chi connectivity index (χ4v) is 3.37. The lowest BCUT2D eigenvalue weighted by atomic mass is 10.2. The van der Waals surface area contributed by atoms with Gasteiger partial charge in [0.1, 0.15) is 11.6 Å². The quantitative estimate of drug-likeness (QED) is 0.890. The lowest BCUT2D eigenvalue weighted by Crippen LogP contribution is -2.19. The summed E-state index contributed by atoms with van der Waals surface area (Å²) in [4.78, 5) is 4.05. The van der Waals surface area contributed by atoms with Gasteiger partial charge < -0.3 is 0 Å². The van der Waals surface area contributed by atoms with Crippen LogP contribution in [0.25, 0.3) is 0 Å². The van der Waals surface area contributed by atoms with Crippen molar-refractivity contribution in [2.45, 2.75) is 25.2 Å². The third-order valence-electron chi connectivity index (χ3n) is 3.64. The minimum Gasteiger partial charge on any atom is -0.267 e. The number of nitrogens with one attached hydrogen (secondary N) is 1. The summed E-state index contributed by atoms with van der Waals surface area (Å²) in [6.07, 6.45) is 4.18. The first-order chi connectivity index (χ1) is 10.5. The maximum atomic E-state index is 13.1. The normalized spacial score (nSPS) is 14.8. The lowest BCUT2D eigenvalue weighted by Gasteiger charge is -2.08. The van der Waals surface area contributed by atoms with E-state index in [4.69, 9.17) is 0 Å². The summed E-state index contributed by atoms with van der Waals surface area (Å²) in [5, 5.41) is 0. The zero-order valence-electron chi connectivity index (χ0n) is 12.0. The number of anilines is 1. The Morgan fingerprint density at radius 1 is 1.23 bits per heavy atom. The Balaban J connectivity index is 1.64. The molecule has 1 heterocycles. The van der Waals surface area contributed by atoms with Crippen LogP contribution in [-0.4, -0.2) is 19.2 Å². The van der Waals surface area contributed by atoms with Crippen molar-refractivity contribution >= 4 is 15.8 Å². The fourth-order valence-electron chi connectivity index (χ4n) is 2.33. The predicted octanol–water partition coefficient (Wildman–Crippen LogP) is 3.08. The molecule has 0 bridgehead atoms. The van der Waals surface area contributed by atoms with Crippen LogP contribution in [0.3, 0.4) is 0 Å². The molecule has 1 saturated carbocycles. The molecule has 1 aliphatic carbocycles. The molecule has 6 heteroatoms. The first-order valence-corrected chi connectivity index (χ1v) is 8.88. The molecule has 1 fully saturated rings. The van der Waals surface area contributed by atoms with E-state index in [0.717, 1.165) is 18.4 Å². The van der Waals surface area contributed by atoms with Gasteiger partial charge in [0.15, 0.2) is 0 Å². The maximum absolute atomic E-state index is 13.1. The van der Waals surface area contributed by atoms with Crippen LogP contribution in [0.1, 0.15) is 29.9 Å². The molecule has 1 aromatic carbocycles. The minimum atomic E-state index is -3.50. The van der Waals surface area contributed by atoms with E-state index in [0.29, 0.717) is 17.3 Å². The van der Waals surface area contributed by atoms with E-state index in [1.165, 1.54) is 12.1 Å². The molecule has 1 aromatic heterocycles. The standard InChI is InChI=1S/C16H17FN2O2S/c17-15-3-1-2-12(10-15)7-9-22(20,21)19-16-11-14(6-8-18-16)13-4-5-13/h1-3,6,8,10-11,13H,4-5,7,9H2,(H,18,19). The Morgan fingerprint density at radius 2 is 2.05 bits per heavy atom. The van der Waals surface area contributed by atoms with Crippen molar-refractivity contribution in [3.05, 3.63) is 59.5 Å². The summed E-state index contributed by atoms with van der Waals surface area (Å²) in [5.74, 6) is 0.426. The average molecular weight is 320 g/mol. The molecule has 0 spiro atoms. The number of sulfonamides is 1. The molecule has 0 radical (unpaired) electrons. The van der Waals surface area contributed by atoms with Crippen LogP contribution in [0, 0.1) is 5.82 Å². The number of pyridine rings is 1. The smallest absolute Gasteiger partial charge is 0.234 e. The second kappa shape index (κ2) is 6.04. The van der Waals surface area contributed by atoms with Gasteiger partial charge in [0.05, 0.1) is 5.75 Å². The number of benzene rings is 1. The van der Waals surface area contributed by atoms with Crippen LogP contribution in [0.15, 0.2) is 42.6 Å². The predicted molar refractivity (Wildman–Crippen MR) is 83.7 cm³/mol. The summed E-state index contributed by atoms with van der Waals surface area (Å²) in [7, 11) is -3.50. The molecule has 0 atom stereocenters. The number of rotatable bonds is 6. The van der Waals surface area contributed by atoms with E-state index in [9.17, 15) is 12.8 Å². The molecule has 22 heavy (non-hydrogen) atoms. The van der Waals surface area contributed by atoms with Gasteiger partial charge in [0.2, 0.25) is 10.0 Å². The molecule has 0 unspecified atom stereocenters. The van der Waals surface area contributed by atoms with Crippen molar-refractivity contribution in [3.8, 4) is 0 Å². The Bertz CT molecular complexity index is 773. The highest BCUT2D eigenvalue weighted by Gasteiger charge is 2.24. The molecule has 0 saturated heterocycles. The number of hydrogen-bond acceptors (Lipinski definition) is 3. The Kier molecular flexibility index (Phi) is 4.11. The molecule has 4 nitrogen and oxygen atoms in total. The van der Waals surface area contributed by atoms with Crippen LogP contribution in [0.5, 0.6) is 0 Å². The van der Waals surface area contributed by atoms with Gasteiger partial charge in [-0.15, -0.1) is 0 Å². The van der Waals surface area contributed by atoms with Crippen LogP contribution in [-0.2, 0) is 16.4 Å². The first kappa shape index (κ1) is 15.0. The average Bonchev–Trinajstić information content (AvgIpc) is 3.30. The van der Waals surface area contributed by atoms with Gasteiger partial charge in [0, 0.05) is 6.20 Å². The topological polar surface area (TPSA) is 59.1 Å². The molecule has 1 N–H and O–H groups in total. The molecule has 2 aromatic rings. The van der Waals surface area contributed by atoms with Gasteiger partial charge in [-0.2, -0.15) is 0 Å². The summed E-state index contributed by atoms with van der Waals surface area (Å²) >= 11 is 0. The van der Waals surface area contributed by atoms with Crippen molar-refractivity contribution in [1.29, 1.82) is 0 Å². The minimum absolute atomic E-state index is 0.105. The van der Waals surface area contributed by atoms with Crippen LogP contribution in [0.4, 0.5) is 10.2 Å². The summed E-state index contributed by atoms with van der Waals surface area (Å²) in [5.41, 5.74) is 1.78. The van der Waals surface area contributed by atoms with Crippen LogP contribution < -0.4 is 4.72 Å². The monoisotopic (exact) mass is 320 g/mol. The zero-order chi connectivity index (χ0) is 15.6. The molecule has 0 amide bonds. The molecular weight excluding hydrogens is 303 g/mol. The molecule has 1 aliphatic rings. The Labute approximate surface area is 129 Å². The van der Waals surface area contributed by atoms with E-state index >= 15 is 0 Å². The Morgan fingerprint density at radius 3 is 2.77 bits per heavy atom. The number of halogens is 1. The summed E-state index contributed by atoms with van der Waals surface area (Å²) in [6.45, 7) is 0. The van der Waals surface area contributed by atoms with Crippen LogP contribution >= 0.6 is 0 Å². The molecule has 116 valence electrons. The highest BCUT2D eigenvalue weighted by atomic mass is 32.2. The SMILES string of the molecule is O=S(=O)(CCc1cccc(F)c1)Nc1cc(C2CC2)ccn1. The van der Waals surface area contributed by atoms with Gasteiger partial charge in [-0.1, -0.05) is 12.1 Å². The van der Waals surface area contributed by atoms with Crippen molar-refractivity contribution < 1.29 is 12.8 Å². The number of aryl methyl sites for hydroxylation is 1. The molecule has 0 aliphatic heterocycles. The van der Waals surface area contributed by atoms with E-state index in [1.54, 1.807) is 24.4 Å². The first-order valence-electron chi connectivity index (χ1n) is 7.23. The van der Waals surface area contributed by atoms with Crippen LogP contribution in [0.2, 0.25) is 0 Å². The van der Waals surface area contributed by atoms with E-state index in [2.05, 4.69) is 9.71 Å². The summed E-state index contributed by atoms with van der Waals surface area (Å²) in [6, 6.07) is 9.68. The third kappa shape index (κ3) is 4.04. The van der Waals surface area contributed by atoms with Crippen molar-refractivity contribution in [2.75, 3.05) is 10.5 Å². The van der Waals surface area contributed by atoms with E-state index in [1.807, 2.05) is 6.07 Å². The highest BCUT2D eigenvalue weighted by molar-refractivity contribution is 7.92. The fraction of sp³-hybridized carbons (Fsp3) is 0.312. The van der Waals surface area contributed by atoms with E-state index < -0.39 is 10.0 Å². The summed E-state index contributed by atoms with van der Waals surface area (Å²) < 4.78 is 39.8. The van der Waals surface area contributed by atoms with Crippen molar-refractivity contribution in [1.82, 2.24) is 4.98 Å². The second-order valence-electron chi connectivity index (χ2n) is 5.55. The van der Waals surface area contributed by atoms with Gasteiger partial charge >= 0.3 is 0 Å². The van der Waals surface area contributed by atoms with E-state index in [-0.39, 0.29) is 18.0 Å². The number of hydrogen-bond donors (Lipinski definition) is 1. The van der Waals surface area contributed by atoms with Crippen molar-refractivity contribution in [2.24, 2.45) is 0 Å². The zero-order valence-corrected chi connectivity index (χ0v) is 12.8. The van der Waals surface area contributed by atoms with Gasteiger partial charge in [-0.25, -0.2) is 17.8 Å². The number of nitrogens with zero attached hydrogens (tertiary/aromatic N) is 1. The molecule has 3 rings (SSSR count). The van der Waals surface area contributed by atoms with Crippen molar-refractivity contribution in [3.63, 3.8) is 0 Å². The molecular formula is C16H17FN2O2S. The Hall–Kier alpha value is -1.95. The number of aromatic nitrogens is 1. The largest absolute Gasteiger partial charge is 0.267 e. The van der Waals surface area contributed by atoms with Gasteiger partial charge in [-0.3, -0.25) is 4.72 Å². The third-order valence-corrected chi connectivity index (χ3v) is 4.90.